The van der Waals surface area contributed by atoms with Gasteiger partial charge in [-0.3, -0.25) is 4.90 Å². The predicted octanol–water partition coefficient (Wildman–Crippen LogP) is 2.17. The van der Waals surface area contributed by atoms with E-state index in [9.17, 15) is 0 Å². The Bertz CT molecular complexity index is 394. The quantitative estimate of drug-likeness (QED) is 0.884. The molecule has 1 unspecified atom stereocenters. The number of nitrogens with two attached hydrogens (primary N) is 1. The van der Waals surface area contributed by atoms with Gasteiger partial charge >= 0.3 is 0 Å². The van der Waals surface area contributed by atoms with Crippen molar-refractivity contribution >= 4 is 11.8 Å². The summed E-state index contributed by atoms with van der Waals surface area (Å²) < 4.78 is 0. The van der Waals surface area contributed by atoms with E-state index >= 15 is 0 Å². The molecule has 3 heteroatoms. The smallest absolute Gasteiger partial charge is 0.0372 e. The summed E-state index contributed by atoms with van der Waals surface area (Å²) in [4.78, 5) is 2.49. The van der Waals surface area contributed by atoms with E-state index in [1.54, 1.807) is 0 Å². The first kappa shape index (κ1) is 13.9. The molecule has 1 aromatic carbocycles. The summed E-state index contributed by atoms with van der Waals surface area (Å²) >= 11 is 1.91. The van der Waals surface area contributed by atoms with E-state index in [1.165, 1.54) is 23.3 Å². The molecule has 0 saturated heterocycles. The monoisotopic (exact) mass is 264 g/mol. The van der Waals surface area contributed by atoms with E-state index in [4.69, 9.17) is 5.73 Å². The molecule has 0 fully saturated rings. The maximum Gasteiger partial charge on any atom is 0.0372 e. The first-order valence-electron chi connectivity index (χ1n) is 6.69. The van der Waals surface area contributed by atoms with E-state index in [-0.39, 0.29) is 5.54 Å². The minimum absolute atomic E-state index is 0.171. The number of nitrogens with zero attached hydrogens (tertiary/aromatic N) is 1. The standard InChI is InChI=1S/C15H24N2S/c1-17(9-10-18-2)15(12-16)8-7-13-5-3-4-6-14(13)11-15/h3-6H,7-12,16H2,1-2H3. The van der Waals surface area contributed by atoms with Crippen LogP contribution in [0, 0.1) is 0 Å². The fourth-order valence-electron chi connectivity index (χ4n) is 2.91. The minimum Gasteiger partial charge on any atom is -0.329 e. The lowest BCUT2D eigenvalue weighted by Gasteiger charge is -2.44. The van der Waals surface area contributed by atoms with Crippen LogP contribution in [0.3, 0.4) is 0 Å². The molecule has 0 radical (unpaired) electrons. The van der Waals surface area contributed by atoms with Crippen LogP contribution in [0.1, 0.15) is 17.5 Å². The number of fused-ring (bicyclic) bond motifs is 1. The SMILES string of the molecule is CSCCN(C)C1(CN)CCc2ccccc2C1. The van der Waals surface area contributed by atoms with Crippen molar-refractivity contribution in [3.63, 3.8) is 0 Å². The largest absolute Gasteiger partial charge is 0.329 e. The van der Waals surface area contributed by atoms with Gasteiger partial charge in [-0.05, 0) is 43.7 Å². The molecule has 2 nitrogen and oxygen atoms in total. The lowest BCUT2D eigenvalue weighted by Crippen LogP contribution is -2.56. The van der Waals surface area contributed by atoms with Crippen LogP contribution in [0.2, 0.25) is 0 Å². The van der Waals surface area contributed by atoms with Gasteiger partial charge in [0.25, 0.3) is 0 Å². The van der Waals surface area contributed by atoms with Crippen LogP contribution < -0.4 is 5.73 Å². The second-order valence-corrected chi connectivity index (χ2v) is 6.27. The molecule has 1 aliphatic carbocycles. The lowest BCUT2D eigenvalue weighted by molar-refractivity contribution is 0.116. The van der Waals surface area contributed by atoms with Crippen LogP contribution in [0.5, 0.6) is 0 Å². The highest BCUT2D eigenvalue weighted by atomic mass is 32.2. The topological polar surface area (TPSA) is 29.3 Å². The van der Waals surface area contributed by atoms with E-state index in [0.717, 1.165) is 25.9 Å². The maximum atomic E-state index is 6.12. The molecule has 18 heavy (non-hydrogen) atoms. The second kappa shape index (κ2) is 6.09. The van der Waals surface area contributed by atoms with Gasteiger partial charge in [0.15, 0.2) is 0 Å². The number of hydrogen-bond donors (Lipinski definition) is 1. The predicted molar refractivity (Wildman–Crippen MR) is 81.3 cm³/mol. The first-order valence-corrected chi connectivity index (χ1v) is 8.08. The molecule has 0 heterocycles. The molecule has 1 aromatic rings. The summed E-state index contributed by atoms with van der Waals surface area (Å²) in [6.07, 6.45) is 5.62. The van der Waals surface area contributed by atoms with Crippen molar-refractivity contribution in [1.29, 1.82) is 0 Å². The summed E-state index contributed by atoms with van der Waals surface area (Å²) in [7, 11) is 2.23. The minimum atomic E-state index is 0.171. The number of hydrogen-bond acceptors (Lipinski definition) is 3. The zero-order valence-electron chi connectivity index (χ0n) is 11.5. The van der Waals surface area contributed by atoms with Crippen molar-refractivity contribution in [2.75, 3.05) is 32.1 Å². The second-order valence-electron chi connectivity index (χ2n) is 5.29. The fourth-order valence-corrected chi connectivity index (χ4v) is 3.36. The van der Waals surface area contributed by atoms with E-state index in [1.807, 2.05) is 11.8 Å². The number of benzene rings is 1. The van der Waals surface area contributed by atoms with Crippen molar-refractivity contribution in [2.24, 2.45) is 5.73 Å². The molecule has 2 N–H and O–H groups in total. The molecule has 0 amide bonds. The van der Waals surface area contributed by atoms with Crippen LogP contribution in [0.25, 0.3) is 0 Å². The number of rotatable bonds is 5. The molecule has 0 aliphatic heterocycles. The lowest BCUT2D eigenvalue weighted by atomic mass is 9.77. The van der Waals surface area contributed by atoms with Gasteiger partial charge in [-0.25, -0.2) is 0 Å². The van der Waals surface area contributed by atoms with Crippen molar-refractivity contribution in [1.82, 2.24) is 4.90 Å². The molecule has 2 rings (SSSR count). The summed E-state index contributed by atoms with van der Waals surface area (Å²) in [6, 6.07) is 8.82. The maximum absolute atomic E-state index is 6.12. The summed E-state index contributed by atoms with van der Waals surface area (Å²) in [6.45, 7) is 1.88. The van der Waals surface area contributed by atoms with Gasteiger partial charge in [-0.2, -0.15) is 11.8 Å². The van der Waals surface area contributed by atoms with Crippen LogP contribution in [0.4, 0.5) is 0 Å². The Morgan fingerprint density at radius 2 is 2.06 bits per heavy atom. The normalized spacial score (nSPS) is 23.1. The van der Waals surface area contributed by atoms with Crippen molar-refractivity contribution in [2.45, 2.75) is 24.8 Å². The Morgan fingerprint density at radius 1 is 1.33 bits per heavy atom. The average Bonchev–Trinajstić information content (AvgIpc) is 2.44. The van der Waals surface area contributed by atoms with E-state index in [0.29, 0.717) is 0 Å². The van der Waals surface area contributed by atoms with E-state index < -0.39 is 0 Å². The third kappa shape index (κ3) is 2.73. The highest BCUT2D eigenvalue weighted by Crippen LogP contribution is 2.32. The van der Waals surface area contributed by atoms with Gasteiger partial charge in [0, 0.05) is 24.4 Å². The molecule has 1 atom stereocenters. The zero-order valence-corrected chi connectivity index (χ0v) is 12.3. The Kier molecular flexibility index (Phi) is 4.71. The molecular weight excluding hydrogens is 240 g/mol. The number of aryl methyl sites for hydroxylation is 1. The molecule has 0 bridgehead atoms. The van der Waals surface area contributed by atoms with Crippen LogP contribution in [-0.2, 0) is 12.8 Å². The van der Waals surface area contributed by atoms with Gasteiger partial charge in [0.2, 0.25) is 0 Å². The fraction of sp³-hybridized carbons (Fsp3) is 0.600. The summed E-state index contributed by atoms with van der Waals surface area (Å²) in [5, 5.41) is 0. The molecule has 0 saturated carbocycles. The number of likely N-dealkylation sites (N-methyl/N-ethyl adjacent to an activating group) is 1. The van der Waals surface area contributed by atoms with Gasteiger partial charge in [0.05, 0.1) is 0 Å². The Hall–Kier alpha value is -0.510. The summed E-state index contributed by atoms with van der Waals surface area (Å²) in [5.74, 6) is 1.18. The summed E-state index contributed by atoms with van der Waals surface area (Å²) in [5.41, 5.74) is 9.29. The van der Waals surface area contributed by atoms with Crippen molar-refractivity contribution in [3.05, 3.63) is 35.4 Å². The Labute approximate surface area is 115 Å². The Balaban J connectivity index is 2.15. The van der Waals surface area contributed by atoms with Crippen molar-refractivity contribution < 1.29 is 0 Å². The van der Waals surface area contributed by atoms with Crippen molar-refractivity contribution in [3.8, 4) is 0 Å². The van der Waals surface area contributed by atoms with Crippen LogP contribution >= 0.6 is 11.8 Å². The number of thioether (sulfide) groups is 1. The average molecular weight is 264 g/mol. The molecule has 0 aromatic heterocycles. The molecular formula is C15H24N2S. The molecule has 0 spiro atoms. The highest BCUT2D eigenvalue weighted by molar-refractivity contribution is 7.98. The highest BCUT2D eigenvalue weighted by Gasteiger charge is 2.36. The van der Waals surface area contributed by atoms with Crippen LogP contribution in [-0.4, -0.2) is 42.6 Å². The third-order valence-electron chi connectivity index (χ3n) is 4.32. The third-order valence-corrected chi connectivity index (χ3v) is 4.91. The molecule has 1 aliphatic rings. The van der Waals surface area contributed by atoms with Crippen LogP contribution in [0.15, 0.2) is 24.3 Å². The first-order chi connectivity index (χ1) is 8.72. The van der Waals surface area contributed by atoms with E-state index in [2.05, 4.69) is 42.5 Å². The van der Waals surface area contributed by atoms with Gasteiger partial charge in [-0.1, -0.05) is 24.3 Å². The Morgan fingerprint density at radius 3 is 2.72 bits per heavy atom. The molecule has 100 valence electrons. The van der Waals surface area contributed by atoms with Gasteiger partial charge in [0.1, 0.15) is 0 Å². The van der Waals surface area contributed by atoms with Gasteiger partial charge in [-0.15, -0.1) is 0 Å². The van der Waals surface area contributed by atoms with Gasteiger partial charge < -0.3 is 5.73 Å². The zero-order chi connectivity index (χ0) is 13.0.